The van der Waals surface area contributed by atoms with Crippen molar-refractivity contribution in [1.29, 1.82) is 0 Å². The monoisotopic (exact) mass is 305 g/mol. The fraction of sp³-hybridized carbons (Fsp3) is 0.333. The SMILES string of the molecule is Bc1ccc(Oc2ccc([N+]#[C-])c(N3CCCC3)n2)cc1CC. The lowest BCUT2D eigenvalue weighted by atomic mass is 9.89. The van der Waals surface area contributed by atoms with Crippen LogP contribution in [0, 0.1) is 6.57 Å². The zero-order chi connectivity index (χ0) is 16.2. The summed E-state index contributed by atoms with van der Waals surface area (Å²) in [6, 6.07) is 9.68. The third-order valence-electron chi connectivity index (χ3n) is 4.28. The van der Waals surface area contributed by atoms with Gasteiger partial charge in [0.2, 0.25) is 11.6 Å². The predicted molar refractivity (Wildman–Crippen MR) is 96.0 cm³/mol. The summed E-state index contributed by atoms with van der Waals surface area (Å²) in [5.74, 6) is 2.09. The first-order valence-corrected chi connectivity index (χ1v) is 8.12. The molecule has 2 aromatic rings. The number of pyridine rings is 1. The second kappa shape index (κ2) is 6.74. The van der Waals surface area contributed by atoms with Crippen molar-refractivity contribution in [3.63, 3.8) is 0 Å². The molecule has 1 aliphatic heterocycles. The average molecular weight is 305 g/mol. The molecule has 1 aromatic heterocycles. The zero-order valence-electron chi connectivity index (χ0n) is 13.7. The molecule has 23 heavy (non-hydrogen) atoms. The molecule has 0 saturated carbocycles. The standard InChI is InChI=1S/C18H20BN3O/c1-3-13-12-14(6-7-15(13)19)23-17-9-8-16(20-2)18(21-17)22-10-4-5-11-22/h6-9,12H,3-5,10-11,19H2,1H3. The van der Waals surface area contributed by atoms with E-state index in [1.807, 2.05) is 6.07 Å². The number of aryl methyl sites for hydroxylation is 1. The minimum atomic E-state index is 0.546. The first kappa shape index (κ1) is 15.4. The Hall–Kier alpha value is -2.48. The molecule has 5 heteroatoms. The summed E-state index contributed by atoms with van der Waals surface area (Å²) in [6.45, 7) is 11.4. The highest BCUT2D eigenvalue weighted by Gasteiger charge is 2.18. The van der Waals surface area contributed by atoms with E-state index >= 15 is 0 Å². The molecule has 0 amide bonds. The largest absolute Gasteiger partial charge is 0.439 e. The molecule has 0 aliphatic carbocycles. The molecule has 1 aliphatic rings. The summed E-state index contributed by atoms with van der Waals surface area (Å²) >= 11 is 0. The first-order chi connectivity index (χ1) is 11.2. The Morgan fingerprint density at radius 3 is 2.74 bits per heavy atom. The molecule has 0 unspecified atom stereocenters. The molecule has 1 saturated heterocycles. The average Bonchev–Trinajstić information content (AvgIpc) is 3.11. The van der Waals surface area contributed by atoms with Crippen LogP contribution in [0.2, 0.25) is 0 Å². The van der Waals surface area contributed by atoms with Crippen LogP contribution >= 0.6 is 0 Å². The molecule has 3 rings (SSSR count). The van der Waals surface area contributed by atoms with Gasteiger partial charge in [0.25, 0.3) is 0 Å². The molecule has 1 aromatic carbocycles. The number of ether oxygens (including phenoxy) is 1. The van der Waals surface area contributed by atoms with Crippen LogP contribution in [0.3, 0.4) is 0 Å². The van der Waals surface area contributed by atoms with Gasteiger partial charge in [0.1, 0.15) is 19.4 Å². The van der Waals surface area contributed by atoms with Gasteiger partial charge in [-0.1, -0.05) is 24.0 Å². The quantitative estimate of drug-likeness (QED) is 0.642. The highest BCUT2D eigenvalue weighted by atomic mass is 16.5. The first-order valence-electron chi connectivity index (χ1n) is 8.12. The van der Waals surface area contributed by atoms with Gasteiger partial charge in [0, 0.05) is 13.1 Å². The fourth-order valence-electron chi connectivity index (χ4n) is 2.94. The Kier molecular flexibility index (Phi) is 4.52. The molecule has 4 nitrogen and oxygen atoms in total. The van der Waals surface area contributed by atoms with Gasteiger partial charge in [-0.15, -0.1) is 0 Å². The van der Waals surface area contributed by atoms with E-state index in [0.717, 1.165) is 43.9 Å². The molecule has 0 radical (unpaired) electrons. The minimum Gasteiger partial charge on any atom is -0.439 e. The summed E-state index contributed by atoms with van der Waals surface area (Å²) in [4.78, 5) is 10.4. The summed E-state index contributed by atoms with van der Waals surface area (Å²) in [5, 5.41) is 0. The van der Waals surface area contributed by atoms with Crippen molar-refractivity contribution in [2.75, 3.05) is 18.0 Å². The highest BCUT2D eigenvalue weighted by Crippen LogP contribution is 2.32. The summed E-state index contributed by atoms with van der Waals surface area (Å²) in [6.07, 6.45) is 3.29. The third kappa shape index (κ3) is 3.32. The van der Waals surface area contributed by atoms with Crippen LogP contribution < -0.4 is 15.1 Å². The van der Waals surface area contributed by atoms with Crippen molar-refractivity contribution in [1.82, 2.24) is 4.98 Å². The molecule has 2 heterocycles. The summed E-state index contributed by atoms with van der Waals surface area (Å²) in [5.41, 5.74) is 3.14. The van der Waals surface area contributed by atoms with E-state index in [-0.39, 0.29) is 0 Å². The lowest BCUT2D eigenvalue weighted by Crippen LogP contribution is -2.19. The predicted octanol–water partition coefficient (Wildman–Crippen LogP) is 2.85. The molecule has 0 N–H and O–H groups in total. The number of rotatable bonds is 4. The van der Waals surface area contributed by atoms with Gasteiger partial charge in [-0.2, -0.15) is 0 Å². The van der Waals surface area contributed by atoms with Crippen molar-refractivity contribution in [3.8, 4) is 11.6 Å². The van der Waals surface area contributed by atoms with E-state index in [0.29, 0.717) is 11.6 Å². The Morgan fingerprint density at radius 2 is 2.04 bits per heavy atom. The normalized spacial score (nSPS) is 13.8. The van der Waals surface area contributed by atoms with E-state index in [1.54, 1.807) is 12.1 Å². The highest BCUT2D eigenvalue weighted by molar-refractivity contribution is 6.33. The maximum atomic E-state index is 7.33. The molecule has 0 atom stereocenters. The maximum Gasteiger partial charge on any atom is 0.228 e. The van der Waals surface area contributed by atoms with Gasteiger partial charge in [-0.25, -0.2) is 9.83 Å². The van der Waals surface area contributed by atoms with Crippen LogP contribution in [0.4, 0.5) is 11.5 Å². The number of benzene rings is 1. The number of hydrogen-bond acceptors (Lipinski definition) is 3. The van der Waals surface area contributed by atoms with E-state index in [9.17, 15) is 0 Å². The number of hydrogen-bond donors (Lipinski definition) is 0. The maximum absolute atomic E-state index is 7.33. The lowest BCUT2D eigenvalue weighted by molar-refractivity contribution is 0.462. The molecule has 0 bridgehead atoms. The van der Waals surface area contributed by atoms with Crippen molar-refractivity contribution in [2.45, 2.75) is 26.2 Å². The van der Waals surface area contributed by atoms with Crippen LogP contribution in [0.1, 0.15) is 25.3 Å². The van der Waals surface area contributed by atoms with E-state index < -0.39 is 0 Å². The third-order valence-corrected chi connectivity index (χ3v) is 4.28. The summed E-state index contributed by atoms with van der Waals surface area (Å²) < 4.78 is 5.93. The van der Waals surface area contributed by atoms with Crippen LogP contribution in [0.25, 0.3) is 4.85 Å². The lowest BCUT2D eigenvalue weighted by Gasteiger charge is -2.19. The van der Waals surface area contributed by atoms with E-state index in [1.165, 1.54) is 11.0 Å². The van der Waals surface area contributed by atoms with Gasteiger partial charge in [-0.3, -0.25) is 0 Å². The second-order valence-corrected chi connectivity index (χ2v) is 5.84. The van der Waals surface area contributed by atoms with Gasteiger partial charge < -0.3 is 9.64 Å². The Morgan fingerprint density at radius 1 is 1.26 bits per heavy atom. The van der Waals surface area contributed by atoms with Crippen molar-refractivity contribution in [2.24, 2.45) is 0 Å². The van der Waals surface area contributed by atoms with Gasteiger partial charge in [0.15, 0.2) is 0 Å². The molecular formula is C18H20BN3O. The van der Waals surface area contributed by atoms with E-state index in [2.05, 4.69) is 41.6 Å². The number of aromatic nitrogens is 1. The Bertz CT molecular complexity index is 748. The van der Waals surface area contributed by atoms with Gasteiger partial charge in [0.05, 0.1) is 6.57 Å². The Labute approximate surface area is 138 Å². The minimum absolute atomic E-state index is 0.546. The Balaban J connectivity index is 1.88. The van der Waals surface area contributed by atoms with Crippen molar-refractivity contribution >= 4 is 24.8 Å². The number of nitrogens with zero attached hydrogens (tertiary/aromatic N) is 3. The smallest absolute Gasteiger partial charge is 0.228 e. The van der Waals surface area contributed by atoms with Crippen LogP contribution in [-0.2, 0) is 6.42 Å². The number of anilines is 1. The van der Waals surface area contributed by atoms with Crippen LogP contribution in [0.15, 0.2) is 30.3 Å². The molecule has 1 fully saturated rings. The van der Waals surface area contributed by atoms with Crippen molar-refractivity contribution < 1.29 is 4.74 Å². The topological polar surface area (TPSA) is 29.7 Å². The molecular weight excluding hydrogens is 285 g/mol. The summed E-state index contributed by atoms with van der Waals surface area (Å²) in [7, 11) is 2.11. The van der Waals surface area contributed by atoms with E-state index in [4.69, 9.17) is 11.3 Å². The fourth-order valence-corrected chi connectivity index (χ4v) is 2.94. The molecule has 116 valence electrons. The van der Waals surface area contributed by atoms with Gasteiger partial charge in [-0.05, 0) is 43.5 Å². The van der Waals surface area contributed by atoms with Gasteiger partial charge >= 0.3 is 0 Å². The van der Waals surface area contributed by atoms with Crippen LogP contribution in [0.5, 0.6) is 11.6 Å². The second-order valence-electron chi connectivity index (χ2n) is 5.84. The molecule has 0 spiro atoms. The zero-order valence-corrected chi connectivity index (χ0v) is 13.7. The van der Waals surface area contributed by atoms with Crippen LogP contribution in [-0.4, -0.2) is 25.9 Å². The van der Waals surface area contributed by atoms with Crippen molar-refractivity contribution in [3.05, 3.63) is 47.3 Å².